The molecule has 7 nitrogen and oxygen atoms in total. The van der Waals surface area contributed by atoms with E-state index in [-0.39, 0.29) is 24.0 Å². The predicted octanol–water partition coefficient (Wildman–Crippen LogP) is 2.95. The smallest absolute Gasteiger partial charge is 0.238 e. The van der Waals surface area contributed by atoms with Crippen molar-refractivity contribution in [2.45, 2.75) is 19.3 Å². The van der Waals surface area contributed by atoms with Crippen LogP contribution in [-0.4, -0.2) is 64.3 Å². The number of carbonyl (C=O) groups is 2. The summed E-state index contributed by atoms with van der Waals surface area (Å²) in [6, 6.07) is 10.8. The van der Waals surface area contributed by atoms with Crippen molar-refractivity contribution in [3.63, 3.8) is 0 Å². The number of aromatic amines is 1. The topological polar surface area (TPSA) is 81.3 Å². The monoisotopic (exact) mass is 441 g/mol. The van der Waals surface area contributed by atoms with Gasteiger partial charge in [0, 0.05) is 45.1 Å². The minimum Gasteiger partial charge on any atom is -0.342 e. The van der Waals surface area contributed by atoms with Crippen LogP contribution < -0.4 is 5.32 Å². The van der Waals surface area contributed by atoms with Crippen molar-refractivity contribution in [3.05, 3.63) is 59.9 Å². The Hall–Kier alpha value is -3.33. The highest BCUT2D eigenvalue weighted by molar-refractivity contribution is 5.92. The Balaban J connectivity index is 1.24. The van der Waals surface area contributed by atoms with Gasteiger partial charge in [0.15, 0.2) is 0 Å². The lowest BCUT2D eigenvalue weighted by atomic mass is 10.2. The summed E-state index contributed by atoms with van der Waals surface area (Å²) >= 11 is 0. The van der Waals surface area contributed by atoms with Crippen molar-refractivity contribution in [3.8, 4) is 0 Å². The number of amides is 2. The lowest BCUT2D eigenvalue weighted by Crippen LogP contribution is -2.38. The van der Waals surface area contributed by atoms with E-state index >= 15 is 0 Å². The first-order valence-corrected chi connectivity index (χ1v) is 10.7. The SMILES string of the molecule is O=C(CN1CCCN(C(=O)CCc2nc3ccccc3[nH]2)CC1)Nc1ccc(F)cc1F. The number of anilines is 1. The highest BCUT2D eigenvalue weighted by atomic mass is 19.1. The van der Waals surface area contributed by atoms with Crippen LogP contribution in [0.1, 0.15) is 18.7 Å². The zero-order valence-corrected chi connectivity index (χ0v) is 17.6. The van der Waals surface area contributed by atoms with E-state index in [0.29, 0.717) is 39.0 Å². The lowest BCUT2D eigenvalue weighted by molar-refractivity contribution is -0.131. The number of benzene rings is 2. The first kappa shape index (κ1) is 21.9. The Kier molecular flexibility index (Phi) is 6.75. The number of fused-ring (bicyclic) bond motifs is 1. The maximum atomic E-state index is 13.7. The summed E-state index contributed by atoms with van der Waals surface area (Å²) in [5.74, 6) is -1.03. The third-order valence-electron chi connectivity index (χ3n) is 5.53. The Labute approximate surface area is 184 Å². The molecule has 1 aliphatic heterocycles. The number of hydrogen-bond acceptors (Lipinski definition) is 4. The van der Waals surface area contributed by atoms with Gasteiger partial charge in [-0.05, 0) is 30.7 Å². The number of carbonyl (C=O) groups excluding carboxylic acids is 2. The molecule has 0 saturated carbocycles. The molecule has 9 heteroatoms. The van der Waals surface area contributed by atoms with Gasteiger partial charge < -0.3 is 15.2 Å². The fraction of sp³-hybridized carbons (Fsp3) is 0.348. The maximum Gasteiger partial charge on any atom is 0.238 e. The Morgan fingerprint density at radius 2 is 1.91 bits per heavy atom. The van der Waals surface area contributed by atoms with E-state index in [1.54, 1.807) is 0 Å². The van der Waals surface area contributed by atoms with Gasteiger partial charge in [-0.1, -0.05) is 12.1 Å². The van der Waals surface area contributed by atoms with Crippen molar-refractivity contribution in [1.82, 2.24) is 19.8 Å². The van der Waals surface area contributed by atoms with Gasteiger partial charge in [0.2, 0.25) is 11.8 Å². The highest BCUT2D eigenvalue weighted by Crippen LogP contribution is 2.15. The molecule has 2 heterocycles. The van der Waals surface area contributed by atoms with Crippen LogP contribution in [0.15, 0.2) is 42.5 Å². The van der Waals surface area contributed by atoms with E-state index in [1.165, 1.54) is 6.07 Å². The number of H-pyrrole nitrogens is 1. The average Bonchev–Trinajstić information content (AvgIpc) is 3.05. The number of nitrogens with one attached hydrogen (secondary N) is 2. The summed E-state index contributed by atoms with van der Waals surface area (Å²) in [5.41, 5.74) is 1.80. The van der Waals surface area contributed by atoms with Crippen LogP contribution in [0.4, 0.5) is 14.5 Å². The molecule has 1 fully saturated rings. The molecule has 1 aromatic heterocycles. The van der Waals surface area contributed by atoms with Gasteiger partial charge in [0.05, 0.1) is 23.3 Å². The third kappa shape index (κ3) is 5.47. The fourth-order valence-electron chi connectivity index (χ4n) is 3.87. The Morgan fingerprint density at radius 3 is 2.72 bits per heavy atom. The van der Waals surface area contributed by atoms with Crippen molar-refractivity contribution >= 4 is 28.5 Å². The number of hydrogen-bond donors (Lipinski definition) is 2. The highest BCUT2D eigenvalue weighted by Gasteiger charge is 2.21. The second-order valence-electron chi connectivity index (χ2n) is 7.88. The van der Waals surface area contributed by atoms with Gasteiger partial charge >= 0.3 is 0 Å². The Morgan fingerprint density at radius 1 is 1.06 bits per heavy atom. The number of para-hydroxylation sites is 2. The molecule has 2 amide bonds. The molecule has 32 heavy (non-hydrogen) atoms. The van der Waals surface area contributed by atoms with Gasteiger partial charge in [0.25, 0.3) is 0 Å². The first-order chi connectivity index (χ1) is 15.5. The van der Waals surface area contributed by atoms with E-state index in [0.717, 1.165) is 35.4 Å². The molecule has 0 aliphatic carbocycles. The number of nitrogens with zero attached hydrogens (tertiary/aromatic N) is 3. The van der Waals surface area contributed by atoms with Crippen LogP contribution in [0.2, 0.25) is 0 Å². The standard InChI is InChI=1S/C23H25F2N5O2/c24-16-6-7-18(17(25)14-16)28-22(31)15-29-10-3-11-30(13-12-29)23(32)9-8-21-26-19-4-1-2-5-20(19)27-21/h1-2,4-7,14H,3,8-13,15H2,(H,26,27)(H,28,31). The second kappa shape index (κ2) is 9.86. The zero-order valence-electron chi connectivity index (χ0n) is 17.6. The Bertz CT molecular complexity index is 1080. The van der Waals surface area contributed by atoms with Gasteiger partial charge in [-0.3, -0.25) is 14.5 Å². The van der Waals surface area contributed by atoms with Crippen molar-refractivity contribution in [2.75, 3.05) is 38.0 Å². The molecule has 1 saturated heterocycles. The van der Waals surface area contributed by atoms with Crippen molar-refractivity contribution in [2.24, 2.45) is 0 Å². The van der Waals surface area contributed by atoms with E-state index in [9.17, 15) is 18.4 Å². The average molecular weight is 441 g/mol. The molecule has 168 valence electrons. The summed E-state index contributed by atoms with van der Waals surface area (Å²) in [7, 11) is 0. The summed E-state index contributed by atoms with van der Waals surface area (Å²) < 4.78 is 26.7. The van der Waals surface area contributed by atoms with Crippen molar-refractivity contribution < 1.29 is 18.4 Å². The number of rotatable bonds is 6. The maximum absolute atomic E-state index is 13.7. The van der Waals surface area contributed by atoms with E-state index in [1.807, 2.05) is 34.1 Å². The minimum absolute atomic E-state index is 0.0476. The van der Waals surface area contributed by atoms with Crippen LogP contribution >= 0.6 is 0 Å². The zero-order chi connectivity index (χ0) is 22.5. The number of halogens is 2. The van der Waals surface area contributed by atoms with Crippen molar-refractivity contribution in [1.29, 1.82) is 0 Å². The lowest BCUT2D eigenvalue weighted by Gasteiger charge is -2.21. The predicted molar refractivity (Wildman–Crippen MR) is 117 cm³/mol. The second-order valence-corrected chi connectivity index (χ2v) is 7.88. The molecule has 0 spiro atoms. The largest absolute Gasteiger partial charge is 0.342 e. The molecule has 1 aliphatic rings. The normalized spacial score (nSPS) is 15.0. The molecule has 0 radical (unpaired) electrons. The summed E-state index contributed by atoms with van der Waals surface area (Å²) in [5, 5.41) is 2.48. The third-order valence-corrected chi connectivity index (χ3v) is 5.53. The van der Waals surface area contributed by atoms with E-state index in [2.05, 4.69) is 15.3 Å². The number of aromatic nitrogens is 2. The molecule has 0 atom stereocenters. The van der Waals surface area contributed by atoms with Gasteiger partial charge in [-0.2, -0.15) is 0 Å². The summed E-state index contributed by atoms with van der Waals surface area (Å²) in [6.07, 6.45) is 1.65. The number of imidazole rings is 1. The van der Waals surface area contributed by atoms with Crippen LogP contribution in [0.3, 0.4) is 0 Å². The quantitative estimate of drug-likeness (QED) is 0.616. The molecule has 2 N–H and O–H groups in total. The molecular weight excluding hydrogens is 416 g/mol. The number of aryl methyl sites for hydroxylation is 1. The van der Waals surface area contributed by atoms with Gasteiger partial charge in [-0.15, -0.1) is 0 Å². The first-order valence-electron chi connectivity index (χ1n) is 10.7. The molecule has 3 aromatic rings. The van der Waals surface area contributed by atoms with Crippen LogP contribution in [0, 0.1) is 11.6 Å². The van der Waals surface area contributed by atoms with Crippen LogP contribution in [-0.2, 0) is 16.0 Å². The van der Waals surface area contributed by atoms with E-state index in [4.69, 9.17) is 0 Å². The molecule has 4 rings (SSSR count). The molecule has 0 bridgehead atoms. The summed E-state index contributed by atoms with van der Waals surface area (Å²) in [6.45, 7) is 2.45. The molecule has 2 aromatic carbocycles. The fourth-order valence-corrected chi connectivity index (χ4v) is 3.87. The molecule has 0 unspecified atom stereocenters. The van der Waals surface area contributed by atoms with E-state index < -0.39 is 11.6 Å². The summed E-state index contributed by atoms with van der Waals surface area (Å²) in [4.78, 5) is 36.5. The minimum atomic E-state index is -0.810. The van der Waals surface area contributed by atoms with Crippen LogP contribution in [0.5, 0.6) is 0 Å². The molecular formula is C23H25F2N5O2. The van der Waals surface area contributed by atoms with Gasteiger partial charge in [0.1, 0.15) is 17.5 Å². The van der Waals surface area contributed by atoms with Crippen LogP contribution in [0.25, 0.3) is 11.0 Å². The van der Waals surface area contributed by atoms with Gasteiger partial charge in [-0.25, -0.2) is 13.8 Å².